The molecule has 0 amide bonds. The highest BCUT2D eigenvalue weighted by Gasteiger charge is 2.34. The van der Waals surface area contributed by atoms with Gasteiger partial charge in [0, 0.05) is 15.3 Å². The molecule has 0 aliphatic carbocycles. The number of benzene rings is 1. The zero-order valence-electron chi connectivity index (χ0n) is 15.3. The van der Waals surface area contributed by atoms with Crippen LogP contribution < -0.4 is 0 Å². The minimum absolute atomic E-state index is 0.0821. The van der Waals surface area contributed by atoms with Crippen molar-refractivity contribution in [2.45, 2.75) is 67.2 Å². The van der Waals surface area contributed by atoms with Crippen molar-refractivity contribution in [3.8, 4) is 0 Å². The van der Waals surface area contributed by atoms with Gasteiger partial charge in [0.1, 0.15) is 15.7 Å². The maximum atomic E-state index is 13.3. The Morgan fingerprint density at radius 1 is 0.920 bits per heavy atom. The smallest absolute Gasteiger partial charge is 0.211 e. The highest BCUT2D eigenvalue weighted by molar-refractivity contribution is 9.10. The van der Waals surface area contributed by atoms with Crippen LogP contribution in [0.25, 0.3) is 0 Å². The third-order valence-electron chi connectivity index (χ3n) is 3.62. The molecule has 1 heterocycles. The van der Waals surface area contributed by atoms with Crippen molar-refractivity contribution in [1.29, 1.82) is 0 Å². The average molecular weight is 443 g/mol. The molecule has 0 aliphatic rings. The van der Waals surface area contributed by atoms with Gasteiger partial charge in [-0.05, 0) is 24.3 Å². The van der Waals surface area contributed by atoms with E-state index in [4.69, 9.17) is 0 Å². The van der Waals surface area contributed by atoms with Crippen molar-refractivity contribution in [2.24, 2.45) is 0 Å². The first-order chi connectivity index (χ1) is 11.2. The molecule has 136 valence electrons. The van der Waals surface area contributed by atoms with Crippen molar-refractivity contribution in [3.63, 3.8) is 0 Å². The van der Waals surface area contributed by atoms with E-state index in [-0.39, 0.29) is 20.2 Å². The van der Waals surface area contributed by atoms with Gasteiger partial charge in [-0.2, -0.15) is 0 Å². The third kappa shape index (κ3) is 4.26. The fourth-order valence-electron chi connectivity index (χ4n) is 2.26. The predicted octanol–water partition coefficient (Wildman–Crippen LogP) is 4.96. The number of hydrogen-bond donors (Lipinski definition) is 1. The molecule has 0 spiro atoms. The summed E-state index contributed by atoms with van der Waals surface area (Å²) in [6.45, 7) is 11.8. The van der Waals surface area contributed by atoms with Gasteiger partial charge in [-0.15, -0.1) is 12.6 Å². The van der Waals surface area contributed by atoms with Gasteiger partial charge in [0.2, 0.25) is 9.84 Å². The summed E-state index contributed by atoms with van der Waals surface area (Å²) in [5.41, 5.74) is -0.296. The lowest BCUT2D eigenvalue weighted by Gasteiger charge is -2.26. The first-order valence-corrected chi connectivity index (χ1v) is 10.6. The molecule has 0 saturated heterocycles. The number of nitrogens with zero attached hydrogens (tertiary/aromatic N) is 2. The normalized spacial score (nSPS) is 13.1. The van der Waals surface area contributed by atoms with Crippen LogP contribution in [0.2, 0.25) is 0 Å². The molecule has 2 rings (SSSR count). The molecule has 7 heteroatoms. The Hall–Kier alpha value is -0.920. The van der Waals surface area contributed by atoms with E-state index in [0.29, 0.717) is 11.5 Å². The molecule has 4 nitrogen and oxygen atoms in total. The number of sulfone groups is 1. The monoisotopic (exact) mass is 442 g/mol. The quantitative estimate of drug-likeness (QED) is 0.527. The lowest BCUT2D eigenvalue weighted by atomic mass is 9.90. The van der Waals surface area contributed by atoms with Crippen LogP contribution in [0, 0.1) is 0 Å². The summed E-state index contributed by atoms with van der Waals surface area (Å²) in [7, 11) is -3.78. The van der Waals surface area contributed by atoms with Crippen LogP contribution in [0.3, 0.4) is 0 Å². The van der Waals surface area contributed by atoms with E-state index in [9.17, 15) is 8.42 Å². The Morgan fingerprint density at radius 3 is 1.88 bits per heavy atom. The van der Waals surface area contributed by atoms with Crippen LogP contribution >= 0.6 is 28.6 Å². The number of rotatable bonds is 2. The second-order valence-corrected chi connectivity index (χ2v) is 11.2. The van der Waals surface area contributed by atoms with Crippen molar-refractivity contribution in [3.05, 3.63) is 40.3 Å². The lowest BCUT2D eigenvalue weighted by Crippen LogP contribution is -2.25. The molecule has 1 aromatic heterocycles. The van der Waals surface area contributed by atoms with E-state index in [1.165, 1.54) is 0 Å². The summed E-state index contributed by atoms with van der Waals surface area (Å²) in [5, 5.41) is 0.188. The molecule has 0 radical (unpaired) electrons. The van der Waals surface area contributed by atoms with E-state index in [1.54, 1.807) is 24.3 Å². The van der Waals surface area contributed by atoms with Gasteiger partial charge in [-0.3, -0.25) is 0 Å². The molecule has 0 aliphatic heterocycles. The molecule has 1 aromatic carbocycles. The van der Waals surface area contributed by atoms with Crippen LogP contribution in [0.4, 0.5) is 0 Å². The SMILES string of the molecule is CC(C)(C)c1nc(S)c(S(=O)(=O)c2ccc(Br)cc2)c(C(C)(C)C)n1. The summed E-state index contributed by atoms with van der Waals surface area (Å²) in [6.07, 6.45) is 0. The molecule has 0 saturated carbocycles. The molecule has 0 unspecified atom stereocenters. The van der Waals surface area contributed by atoms with Crippen LogP contribution in [0.5, 0.6) is 0 Å². The van der Waals surface area contributed by atoms with Crippen LogP contribution in [-0.4, -0.2) is 18.4 Å². The van der Waals surface area contributed by atoms with Gasteiger partial charge in [-0.25, -0.2) is 18.4 Å². The summed E-state index contributed by atoms with van der Waals surface area (Å²) < 4.78 is 27.3. The maximum absolute atomic E-state index is 13.3. The molecule has 25 heavy (non-hydrogen) atoms. The number of hydrogen-bond acceptors (Lipinski definition) is 5. The Bertz CT molecular complexity index is 894. The number of thiol groups is 1. The topological polar surface area (TPSA) is 59.9 Å². The zero-order valence-corrected chi connectivity index (χ0v) is 18.6. The number of halogens is 1. The van der Waals surface area contributed by atoms with E-state index in [2.05, 4.69) is 38.5 Å². The predicted molar refractivity (Wildman–Crippen MR) is 106 cm³/mol. The van der Waals surface area contributed by atoms with Crippen molar-refractivity contribution < 1.29 is 8.42 Å². The minimum Gasteiger partial charge on any atom is -0.235 e. The molecular weight excluding hydrogens is 420 g/mol. The summed E-state index contributed by atoms with van der Waals surface area (Å²) in [6, 6.07) is 6.53. The fraction of sp³-hybridized carbons (Fsp3) is 0.444. The van der Waals surface area contributed by atoms with E-state index in [0.717, 1.165) is 4.47 Å². The number of aromatic nitrogens is 2. The van der Waals surface area contributed by atoms with Gasteiger partial charge in [0.05, 0.1) is 10.6 Å². The minimum atomic E-state index is -3.78. The third-order valence-corrected chi connectivity index (χ3v) is 6.44. The summed E-state index contributed by atoms with van der Waals surface area (Å²) in [4.78, 5) is 9.31. The van der Waals surface area contributed by atoms with Gasteiger partial charge in [0.25, 0.3) is 0 Å². The first kappa shape index (κ1) is 20.4. The highest BCUT2D eigenvalue weighted by Crippen LogP contribution is 2.36. The summed E-state index contributed by atoms with van der Waals surface area (Å²) in [5.74, 6) is 0.581. The molecule has 0 fully saturated rings. The standard InChI is InChI=1S/C18H23BrN2O2S2/c1-17(2,3)14-13(15(24)21-16(20-14)18(4,5)6)25(22,23)12-9-7-11(19)8-10-12/h7-10H,1-6H3,(H,20,21,24). The first-order valence-electron chi connectivity index (χ1n) is 7.87. The highest BCUT2D eigenvalue weighted by atomic mass is 79.9. The fourth-order valence-corrected chi connectivity index (χ4v) is 4.71. The average Bonchev–Trinajstić information content (AvgIpc) is 2.44. The van der Waals surface area contributed by atoms with E-state index < -0.39 is 15.3 Å². The van der Waals surface area contributed by atoms with Crippen molar-refractivity contribution >= 4 is 38.4 Å². The molecule has 0 bridgehead atoms. The Kier molecular flexibility index (Phi) is 5.44. The molecular formula is C18H23BrN2O2S2. The van der Waals surface area contributed by atoms with E-state index >= 15 is 0 Å². The summed E-state index contributed by atoms with van der Waals surface area (Å²) >= 11 is 7.75. The van der Waals surface area contributed by atoms with E-state index in [1.807, 2.05) is 41.5 Å². The Morgan fingerprint density at radius 2 is 1.44 bits per heavy atom. The Balaban J connectivity index is 2.83. The lowest BCUT2D eigenvalue weighted by molar-refractivity contribution is 0.486. The van der Waals surface area contributed by atoms with Gasteiger partial charge in [-0.1, -0.05) is 57.5 Å². The molecule has 0 atom stereocenters. The van der Waals surface area contributed by atoms with Crippen molar-refractivity contribution in [2.75, 3.05) is 0 Å². The van der Waals surface area contributed by atoms with Crippen LogP contribution in [-0.2, 0) is 20.7 Å². The second kappa shape index (κ2) is 6.67. The van der Waals surface area contributed by atoms with Crippen LogP contribution in [0.1, 0.15) is 53.1 Å². The molecule has 2 aromatic rings. The molecule has 0 N–H and O–H groups in total. The van der Waals surface area contributed by atoms with Crippen LogP contribution in [0.15, 0.2) is 43.6 Å². The van der Waals surface area contributed by atoms with Crippen molar-refractivity contribution in [1.82, 2.24) is 9.97 Å². The largest absolute Gasteiger partial charge is 0.235 e. The van der Waals surface area contributed by atoms with Gasteiger partial charge >= 0.3 is 0 Å². The Labute approximate surface area is 163 Å². The van der Waals surface area contributed by atoms with Gasteiger partial charge in [0.15, 0.2) is 0 Å². The maximum Gasteiger partial charge on any atom is 0.211 e. The van der Waals surface area contributed by atoms with Gasteiger partial charge < -0.3 is 0 Å². The second-order valence-electron chi connectivity index (χ2n) is 8.01. The zero-order chi connectivity index (χ0) is 19.2.